The van der Waals surface area contributed by atoms with Gasteiger partial charge in [0.25, 0.3) is 5.91 Å². The summed E-state index contributed by atoms with van der Waals surface area (Å²) < 4.78 is 10.9. The van der Waals surface area contributed by atoms with Gasteiger partial charge in [0.05, 0.1) is 17.5 Å². The van der Waals surface area contributed by atoms with Crippen LogP contribution >= 0.6 is 11.3 Å². The van der Waals surface area contributed by atoms with Crippen LogP contribution in [-0.4, -0.2) is 45.2 Å². The summed E-state index contributed by atoms with van der Waals surface area (Å²) in [4.78, 5) is 39.0. The Labute approximate surface area is 164 Å². The Balaban J connectivity index is 1.97. The highest BCUT2D eigenvalue weighted by Gasteiger charge is 2.20. The van der Waals surface area contributed by atoms with Crippen molar-refractivity contribution in [2.75, 3.05) is 38.1 Å². The van der Waals surface area contributed by atoms with Crippen molar-refractivity contribution in [2.45, 2.75) is 0 Å². The number of fused-ring (bicyclic) bond motifs is 1. The average molecular weight is 402 g/mol. The lowest BCUT2D eigenvalue weighted by molar-refractivity contribution is 0.0692. The second-order valence-electron chi connectivity index (χ2n) is 6.21. The number of rotatable bonds is 5. The van der Waals surface area contributed by atoms with Crippen LogP contribution in [-0.2, 0) is 0 Å². The summed E-state index contributed by atoms with van der Waals surface area (Å²) in [5.74, 6) is -1.07. The third kappa shape index (κ3) is 3.44. The minimum absolute atomic E-state index is 0.232. The van der Waals surface area contributed by atoms with E-state index in [0.717, 1.165) is 17.0 Å². The maximum Gasteiger partial charge on any atom is 0.351 e. The monoisotopic (exact) mass is 402 g/mol. The molecule has 0 aliphatic rings. The van der Waals surface area contributed by atoms with Crippen LogP contribution in [0.2, 0.25) is 0 Å². The van der Waals surface area contributed by atoms with E-state index < -0.39 is 17.2 Å². The Bertz CT molecular complexity index is 1130. The summed E-state index contributed by atoms with van der Waals surface area (Å²) in [5, 5.41) is 9.57. The average Bonchev–Trinajstić information content (AvgIpc) is 3.07. The molecule has 0 atom stereocenters. The molecule has 8 nitrogen and oxygen atoms in total. The summed E-state index contributed by atoms with van der Waals surface area (Å²) in [5.41, 5.74) is 0.123. The number of thiophene rings is 1. The second-order valence-corrected chi connectivity index (χ2v) is 7.27. The molecular formula is C19H18N2O6S. The van der Waals surface area contributed by atoms with Crippen LogP contribution in [0.25, 0.3) is 10.3 Å². The van der Waals surface area contributed by atoms with Crippen LogP contribution in [0, 0.1) is 0 Å². The van der Waals surface area contributed by atoms with E-state index >= 15 is 0 Å². The highest BCUT2D eigenvalue weighted by molar-refractivity contribution is 7.22. The Hall–Kier alpha value is -3.33. The van der Waals surface area contributed by atoms with Gasteiger partial charge in [-0.15, -0.1) is 11.3 Å². The number of amides is 1. The van der Waals surface area contributed by atoms with Crippen LogP contribution in [0.3, 0.4) is 0 Å². The molecular weight excluding hydrogens is 384 g/mol. The van der Waals surface area contributed by atoms with E-state index in [1.807, 2.05) is 19.0 Å². The first-order valence-corrected chi connectivity index (χ1v) is 8.99. The fraction of sp³-hybridized carbons (Fsp3) is 0.211. The molecule has 2 heterocycles. The molecule has 0 radical (unpaired) electrons. The molecule has 3 aromatic rings. The minimum atomic E-state index is -1.36. The maximum atomic E-state index is 12.9. The number of anilines is 2. The fourth-order valence-corrected chi connectivity index (χ4v) is 3.68. The molecule has 1 aromatic carbocycles. The van der Waals surface area contributed by atoms with Crippen molar-refractivity contribution in [1.82, 2.24) is 0 Å². The van der Waals surface area contributed by atoms with Gasteiger partial charge >= 0.3 is 11.6 Å². The third-order valence-corrected chi connectivity index (χ3v) is 5.32. The highest BCUT2D eigenvalue weighted by Crippen LogP contribution is 2.33. The second kappa shape index (κ2) is 7.35. The van der Waals surface area contributed by atoms with Crippen molar-refractivity contribution in [3.8, 4) is 5.75 Å². The zero-order valence-electron chi connectivity index (χ0n) is 15.7. The van der Waals surface area contributed by atoms with Gasteiger partial charge in [0, 0.05) is 32.8 Å². The van der Waals surface area contributed by atoms with Crippen LogP contribution in [0.1, 0.15) is 20.7 Å². The van der Waals surface area contributed by atoms with Crippen LogP contribution in [0.15, 0.2) is 39.5 Å². The first kappa shape index (κ1) is 19.4. The lowest BCUT2D eigenvalue weighted by Gasteiger charge is -2.19. The molecule has 0 aliphatic heterocycles. The van der Waals surface area contributed by atoms with Crippen molar-refractivity contribution in [1.29, 1.82) is 0 Å². The molecule has 3 rings (SSSR count). The Morgan fingerprint density at radius 3 is 2.46 bits per heavy atom. The number of aromatic carboxylic acids is 1. The summed E-state index contributed by atoms with van der Waals surface area (Å²) in [6.45, 7) is 0. The molecule has 0 spiro atoms. The SMILES string of the molecule is COc1cc(C(=O)N(C)c2cc3oc(=O)c(C(=O)O)cc3s2)ccc1N(C)C. The molecule has 0 saturated heterocycles. The normalized spacial score (nSPS) is 10.7. The van der Waals surface area contributed by atoms with E-state index in [1.165, 1.54) is 24.1 Å². The smallest absolute Gasteiger partial charge is 0.351 e. The molecule has 1 amide bonds. The predicted octanol–water partition coefficient (Wildman–Crippen LogP) is 2.90. The van der Waals surface area contributed by atoms with Crippen molar-refractivity contribution < 1.29 is 23.8 Å². The molecule has 0 bridgehead atoms. The van der Waals surface area contributed by atoms with E-state index in [4.69, 9.17) is 14.3 Å². The zero-order chi connectivity index (χ0) is 20.6. The van der Waals surface area contributed by atoms with Crippen LogP contribution in [0.5, 0.6) is 5.75 Å². The largest absolute Gasteiger partial charge is 0.495 e. The lowest BCUT2D eigenvalue weighted by atomic mass is 10.1. The molecule has 1 N–H and O–H groups in total. The van der Waals surface area contributed by atoms with Gasteiger partial charge < -0.3 is 24.1 Å². The number of carboxylic acids is 1. The number of carbonyl (C=O) groups excluding carboxylic acids is 1. The van der Waals surface area contributed by atoms with Crippen molar-refractivity contribution in [3.63, 3.8) is 0 Å². The van der Waals surface area contributed by atoms with Crippen molar-refractivity contribution in [3.05, 3.63) is 51.9 Å². The van der Waals surface area contributed by atoms with E-state index in [-0.39, 0.29) is 11.5 Å². The van der Waals surface area contributed by atoms with Gasteiger partial charge in [0.1, 0.15) is 16.3 Å². The molecule has 28 heavy (non-hydrogen) atoms. The van der Waals surface area contributed by atoms with Gasteiger partial charge in [-0.3, -0.25) is 4.79 Å². The topological polar surface area (TPSA) is 100 Å². The van der Waals surface area contributed by atoms with Gasteiger partial charge in [-0.05, 0) is 24.3 Å². The number of hydrogen-bond acceptors (Lipinski definition) is 7. The molecule has 0 fully saturated rings. The Kier molecular flexibility index (Phi) is 5.10. The third-order valence-electron chi connectivity index (χ3n) is 4.18. The number of nitrogens with zero attached hydrogens (tertiary/aromatic N) is 2. The lowest BCUT2D eigenvalue weighted by Crippen LogP contribution is -2.25. The van der Waals surface area contributed by atoms with E-state index in [2.05, 4.69) is 0 Å². The fourth-order valence-electron chi connectivity index (χ4n) is 2.69. The van der Waals surface area contributed by atoms with E-state index in [0.29, 0.717) is 21.0 Å². The first-order chi connectivity index (χ1) is 13.2. The standard InChI is InChI=1S/C19H18N2O6S/c1-20(2)12-6-5-10(7-13(12)26-4)17(22)21(3)16-9-14-15(28-16)8-11(18(23)24)19(25)27-14/h5-9H,1-4H3,(H,23,24). The van der Waals surface area contributed by atoms with Gasteiger partial charge in [0.2, 0.25) is 0 Å². The maximum absolute atomic E-state index is 12.9. The number of carboxylic acid groups (broad SMARTS) is 1. The van der Waals surface area contributed by atoms with Gasteiger partial charge in [-0.25, -0.2) is 9.59 Å². The number of carbonyl (C=O) groups is 2. The number of ether oxygens (including phenoxy) is 1. The predicted molar refractivity (Wildman–Crippen MR) is 107 cm³/mol. The molecule has 9 heteroatoms. The molecule has 2 aromatic heterocycles. The number of methoxy groups -OCH3 is 1. The van der Waals surface area contributed by atoms with E-state index in [9.17, 15) is 14.4 Å². The van der Waals surface area contributed by atoms with Gasteiger partial charge in [-0.2, -0.15) is 0 Å². The van der Waals surface area contributed by atoms with Crippen LogP contribution in [0.4, 0.5) is 10.7 Å². The number of benzene rings is 1. The van der Waals surface area contributed by atoms with E-state index in [1.54, 1.807) is 25.2 Å². The summed E-state index contributed by atoms with van der Waals surface area (Å²) in [6.07, 6.45) is 0. The van der Waals surface area contributed by atoms with Gasteiger partial charge in [-0.1, -0.05) is 0 Å². The summed E-state index contributed by atoms with van der Waals surface area (Å²) in [6, 6.07) is 7.95. The summed E-state index contributed by atoms with van der Waals surface area (Å²) in [7, 11) is 6.88. The van der Waals surface area contributed by atoms with Crippen molar-refractivity contribution in [2.24, 2.45) is 0 Å². The summed E-state index contributed by atoms with van der Waals surface area (Å²) >= 11 is 1.16. The molecule has 0 unspecified atom stereocenters. The van der Waals surface area contributed by atoms with Crippen LogP contribution < -0.4 is 20.2 Å². The first-order valence-electron chi connectivity index (χ1n) is 8.17. The van der Waals surface area contributed by atoms with Gasteiger partial charge in [0.15, 0.2) is 5.58 Å². The molecule has 146 valence electrons. The Morgan fingerprint density at radius 2 is 1.86 bits per heavy atom. The highest BCUT2D eigenvalue weighted by atomic mass is 32.1. The molecule has 0 aliphatic carbocycles. The quantitative estimate of drug-likeness (QED) is 0.700. The molecule has 0 saturated carbocycles. The zero-order valence-corrected chi connectivity index (χ0v) is 16.5. The van der Waals surface area contributed by atoms with Crippen molar-refractivity contribution >= 4 is 44.2 Å². The minimum Gasteiger partial charge on any atom is -0.495 e. The number of hydrogen-bond donors (Lipinski definition) is 1. The Morgan fingerprint density at radius 1 is 1.14 bits per heavy atom.